The molecule has 0 saturated heterocycles. The minimum atomic E-state index is -0.866. The number of carbonyl (C=O) groups is 3. The van der Waals surface area contributed by atoms with Gasteiger partial charge in [0.2, 0.25) is 0 Å². The van der Waals surface area contributed by atoms with E-state index < -0.39 is 12.1 Å². The molecule has 0 N–H and O–H groups in total. The van der Waals surface area contributed by atoms with Gasteiger partial charge in [-0.2, -0.15) is 0 Å². The fourth-order valence-corrected chi connectivity index (χ4v) is 8.03. The van der Waals surface area contributed by atoms with Gasteiger partial charge in [0.05, 0.1) is 0 Å². The van der Waals surface area contributed by atoms with Gasteiger partial charge >= 0.3 is 17.9 Å². The number of hydrogen-bond acceptors (Lipinski definition) is 6. The lowest BCUT2D eigenvalue weighted by atomic mass is 10.0. The van der Waals surface area contributed by atoms with E-state index in [0.29, 0.717) is 12.8 Å². The molecule has 0 amide bonds. The lowest BCUT2D eigenvalue weighted by Gasteiger charge is -2.17. The molecular weight excluding hydrogens is 805 g/mol. The Labute approximate surface area is 402 Å². The number of rotatable bonds is 50. The van der Waals surface area contributed by atoms with Crippen LogP contribution < -0.4 is 0 Å². The molecule has 0 saturated carbocycles. The quantitative estimate of drug-likeness (QED) is 0.0199. The first-order valence-corrected chi connectivity index (χ1v) is 27.9. The van der Waals surface area contributed by atoms with Crippen molar-refractivity contribution in [1.29, 1.82) is 0 Å². The average Bonchev–Trinajstić information content (AvgIpc) is 3.30. The van der Waals surface area contributed by atoms with Crippen molar-refractivity contribution in [2.45, 2.75) is 284 Å². The van der Waals surface area contributed by atoms with Gasteiger partial charge in [0.15, 0.2) is 6.10 Å². The molecular formula is C59H104O6. The highest BCUT2D eigenvalue weighted by molar-refractivity contribution is 5.82. The largest absolute Gasteiger partial charge is 0.462 e. The van der Waals surface area contributed by atoms with Crippen LogP contribution in [0.1, 0.15) is 278 Å². The molecule has 0 aromatic carbocycles. The molecule has 6 heteroatoms. The predicted molar refractivity (Wildman–Crippen MR) is 279 cm³/mol. The standard InChI is InChI=1S/C59H104O6/c1-4-7-10-13-16-19-22-25-28-29-32-35-38-41-44-47-50-53-59(62)65-56(54-63-57(60)51-48-45-42-39-36-33-30-26-23-20-17-14-11-8-5-2)55-64-58(61)52-49-46-43-40-37-34-31-27-24-21-18-15-12-9-6-3/h28-29,32,35,38,41,44,47,50,53,56H,4-27,30-31,33-34,36-37,39-40,42-43,45-46,48-49,51-52,54-55H2,1-3H3/b29-28+,35-32+,41-38+,47-44+,53-50+. The van der Waals surface area contributed by atoms with Crippen LogP contribution in [0, 0.1) is 0 Å². The highest BCUT2D eigenvalue weighted by atomic mass is 16.6. The minimum absolute atomic E-state index is 0.137. The van der Waals surface area contributed by atoms with Crippen molar-refractivity contribution >= 4 is 17.9 Å². The maximum atomic E-state index is 12.7. The Balaban J connectivity index is 4.54. The highest BCUT2D eigenvalue weighted by Crippen LogP contribution is 2.16. The van der Waals surface area contributed by atoms with Crippen molar-refractivity contribution in [3.8, 4) is 0 Å². The first kappa shape index (κ1) is 62.1. The number of allylic oxidation sites excluding steroid dienone is 9. The maximum Gasteiger partial charge on any atom is 0.331 e. The molecule has 0 unspecified atom stereocenters. The van der Waals surface area contributed by atoms with E-state index >= 15 is 0 Å². The highest BCUT2D eigenvalue weighted by Gasteiger charge is 2.18. The van der Waals surface area contributed by atoms with E-state index in [4.69, 9.17) is 14.2 Å². The van der Waals surface area contributed by atoms with Crippen LogP contribution in [0.25, 0.3) is 0 Å². The molecule has 0 aliphatic carbocycles. The van der Waals surface area contributed by atoms with Gasteiger partial charge in [-0.15, -0.1) is 0 Å². The number of carbonyl (C=O) groups excluding carboxylic acids is 3. The van der Waals surface area contributed by atoms with Crippen molar-refractivity contribution in [3.63, 3.8) is 0 Å². The van der Waals surface area contributed by atoms with Gasteiger partial charge in [-0.25, -0.2) is 4.79 Å². The van der Waals surface area contributed by atoms with E-state index in [9.17, 15) is 14.4 Å². The Morgan fingerprint density at radius 1 is 0.338 bits per heavy atom. The third-order valence-electron chi connectivity index (χ3n) is 12.2. The summed E-state index contributed by atoms with van der Waals surface area (Å²) >= 11 is 0. The summed E-state index contributed by atoms with van der Waals surface area (Å²) in [6.45, 7) is 6.52. The molecule has 0 spiro atoms. The Bertz CT molecular complexity index is 1130. The van der Waals surface area contributed by atoms with Crippen LogP contribution in [-0.4, -0.2) is 37.2 Å². The molecule has 0 fully saturated rings. The first-order valence-electron chi connectivity index (χ1n) is 27.9. The van der Waals surface area contributed by atoms with Crippen molar-refractivity contribution in [2.24, 2.45) is 0 Å². The molecule has 0 aromatic heterocycles. The molecule has 6 nitrogen and oxygen atoms in total. The van der Waals surface area contributed by atoms with Crippen LogP contribution in [0.5, 0.6) is 0 Å². The van der Waals surface area contributed by atoms with Gasteiger partial charge in [0.1, 0.15) is 13.2 Å². The Hall–Kier alpha value is -2.89. The van der Waals surface area contributed by atoms with Gasteiger partial charge in [-0.3, -0.25) is 9.59 Å². The zero-order valence-corrected chi connectivity index (χ0v) is 43.0. The van der Waals surface area contributed by atoms with E-state index in [1.165, 1.54) is 205 Å². The molecule has 0 rings (SSSR count). The van der Waals surface area contributed by atoms with Gasteiger partial charge in [0, 0.05) is 18.9 Å². The lowest BCUT2D eigenvalue weighted by Crippen LogP contribution is -2.30. The second-order valence-corrected chi connectivity index (χ2v) is 18.7. The van der Waals surface area contributed by atoms with Gasteiger partial charge in [-0.1, -0.05) is 294 Å². The Morgan fingerprint density at radius 3 is 0.954 bits per heavy atom. The van der Waals surface area contributed by atoms with Crippen LogP contribution >= 0.6 is 0 Å². The van der Waals surface area contributed by atoms with E-state index in [1.54, 1.807) is 12.2 Å². The molecule has 376 valence electrons. The lowest BCUT2D eigenvalue weighted by molar-refractivity contribution is -0.163. The monoisotopic (exact) mass is 909 g/mol. The van der Waals surface area contributed by atoms with Crippen LogP contribution in [0.15, 0.2) is 60.8 Å². The average molecular weight is 909 g/mol. The SMILES string of the molecule is CCCCCCCCC/C=C/C=C/C=C/C=C/C=C/C(=O)OC(COC(=O)CCCCCCCCCCCCCCCCC)COC(=O)CCCCCCCCCCCCCCCCC. The van der Waals surface area contributed by atoms with Crippen molar-refractivity contribution in [3.05, 3.63) is 60.8 Å². The maximum absolute atomic E-state index is 12.7. The summed E-state index contributed by atoms with van der Waals surface area (Å²) < 4.78 is 16.6. The van der Waals surface area contributed by atoms with E-state index in [-0.39, 0.29) is 25.2 Å². The van der Waals surface area contributed by atoms with Crippen LogP contribution in [0.2, 0.25) is 0 Å². The van der Waals surface area contributed by atoms with Gasteiger partial charge < -0.3 is 14.2 Å². The molecule has 0 heterocycles. The molecule has 0 aliphatic rings. The third kappa shape index (κ3) is 51.9. The normalized spacial score (nSPS) is 12.1. The number of hydrogen-bond donors (Lipinski definition) is 0. The summed E-state index contributed by atoms with van der Waals surface area (Å²) in [5, 5.41) is 0. The number of esters is 3. The van der Waals surface area contributed by atoms with Crippen molar-refractivity contribution < 1.29 is 28.6 Å². The second kappa shape index (κ2) is 53.7. The Morgan fingerprint density at radius 2 is 0.615 bits per heavy atom. The summed E-state index contributed by atoms with van der Waals surface area (Å²) in [6.07, 6.45) is 67.0. The predicted octanol–water partition coefficient (Wildman–Crippen LogP) is 18.4. The smallest absolute Gasteiger partial charge is 0.331 e. The van der Waals surface area contributed by atoms with Crippen LogP contribution in [-0.2, 0) is 28.6 Å². The zero-order chi connectivity index (χ0) is 47.2. The number of unbranched alkanes of at least 4 members (excludes halogenated alkanes) is 35. The molecule has 0 atom stereocenters. The molecule has 0 radical (unpaired) electrons. The zero-order valence-electron chi connectivity index (χ0n) is 43.0. The summed E-state index contributed by atoms with van der Waals surface area (Å²) in [5.41, 5.74) is 0. The topological polar surface area (TPSA) is 78.9 Å². The summed E-state index contributed by atoms with van der Waals surface area (Å²) in [6, 6.07) is 0. The number of ether oxygens (including phenoxy) is 3. The van der Waals surface area contributed by atoms with Crippen LogP contribution in [0.4, 0.5) is 0 Å². The minimum Gasteiger partial charge on any atom is -0.462 e. The summed E-state index contributed by atoms with van der Waals surface area (Å²) in [5.74, 6) is -1.20. The molecule has 65 heavy (non-hydrogen) atoms. The van der Waals surface area contributed by atoms with Gasteiger partial charge in [-0.05, 0) is 25.7 Å². The molecule has 0 bridgehead atoms. The van der Waals surface area contributed by atoms with Crippen LogP contribution in [0.3, 0.4) is 0 Å². The second-order valence-electron chi connectivity index (χ2n) is 18.7. The van der Waals surface area contributed by atoms with E-state index in [2.05, 4.69) is 32.9 Å². The fraction of sp³-hybridized carbons (Fsp3) is 0.780. The van der Waals surface area contributed by atoms with E-state index in [0.717, 1.165) is 44.9 Å². The van der Waals surface area contributed by atoms with E-state index in [1.807, 2.05) is 30.4 Å². The van der Waals surface area contributed by atoms with Crippen molar-refractivity contribution in [2.75, 3.05) is 13.2 Å². The third-order valence-corrected chi connectivity index (χ3v) is 12.2. The molecule has 0 aromatic rings. The van der Waals surface area contributed by atoms with Crippen molar-refractivity contribution in [1.82, 2.24) is 0 Å². The summed E-state index contributed by atoms with van der Waals surface area (Å²) in [7, 11) is 0. The Kier molecular flexibility index (Phi) is 51.3. The van der Waals surface area contributed by atoms with Gasteiger partial charge in [0.25, 0.3) is 0 Å². The first-order chi connectivity index (χ1) is 32.0. The fourth-order valence-electron chi connectivity index (χ4n) is 8.03. The summed E-state index contributed by atoms with van der Waals surface area (Å²) in [4.78, 5) is 37.9. The molecule has 0 aliphatic heterocycles.